The fourth-order valence-electron chi connectivity index (χ4n) is 5.00. The van der Waals surface area contributed by atoms with Crippen LogP contribution in [0.2, 0.25) is 0 Å². The van der Waals surface area contributed by atoms with Crippen LogP contribution in [0.3, 0.4) is 0 Å². The number of fused-ring (bicyclic) bond motifs is 1. The molecule has 0 radical (unpaired) electrons. The van der Waals surface area contributed by atoms with Gasteiger partial charge in [-0.3, -0.25) is 4.90 Å². The number of halogens is 1. The third-order valence-corrected chi connectivity index (χ3v) is 6.84. The number of hydrazine groups is 1. The van der Waals surface area contributed by atoms with Crippen LogP contribution in [0.5, 0.6) is 0 Å². The van der Waals surface area contributed by atoms with E-state index in [-0.39, 0.29) is 40.2 Å². The fraction of sp³-hybridized carbons (Fsp3) is 0.478. The second-order valence-electron chi connectivity index (χ2n) is 10.3. The van der Waals surface area contributed by atoms with Crippen molar-refractivity contribution < 1.29 is 23.8 Å². The number of hydrogen-bond acceptors (Lipinski definition) is 9. The van der Waals surface area contributed by atoms with Gasteiger partial charge in [-0.05, 0) is 59.2 Å². The summed E-state index contributed by atoms with van der Waals surface area (Å²) in [4.78, 5) is 33.8. The molecule has 2 fully saturated rings. The summed E-state index contributed by atoms with van der Waals surface area (Å²) in [6.07, 6.45) is 5.77. The van der Waals surface area contributed by atoms with Crippen molar-refractivity contribution in [1.82, 2.24) is 19.9 Å². The number of allylic oxidation sites excluding steroid dienone is 1. The number of carboxylic acid groups (broad SMARTS) is 1. The van der Waals surface area contributed by atoms with Crippen molar-refractivity contribution in [1.29, 1.82) is 0 Å². The molecular formula is C23H30FN7O4. The van der Waals surface area contributed by atoms with Crippen molar-refractivity contribution in [2.75, 3.05) is 17.7 Å². The van der Waals surface area contributed by atoms with Gasteiger partial charge < -0.3 is 20.5 Å². The summed E-state index contributed by atoms with van der Waals surface area (Å²) in [7, 11) is 2.10. The van der Waals surface area contributed by atoms with Gasteiger partial charge in [0.05, 0.1) is 6.20 Å². The van der Waals surface area contributed by atoms with Crippen LogP contribution in [0.4, 0.5) is 21.0 Å². The van der Waals surface area contributed by atoms with Crippen LogP contribution in [0.1, 0.15) is 40.5 Å². The zero-order chi connectivity index (χ0) is 25.7. The molecule has 5 N–H and O–H groups in total. The number of hydrogen-bond donors (Lipinski definition) is 4. The summed E-state index contributed by atoms with van der Waals surface area (Å²) in [5, 5.41) is 16.2. The molecule has 1 atom stereocenters. The SMILES string of the molecule is CN1C(C)(C)CC(Nc2nc(NC3=CC(=CC(=O)O)C4C(=C3)OC(=O)N4N)ncc2F)CC1(C)C. The first-order chi connectivity index (χ1) is 16.3. The first-order valence-electron chi connectivity index (χ1n) is 11.2. The average molecular weight is 488 g/mol. The van der Waals surface area contributed by atoms with Crippen LogP contribution >= 0.6 is 0 Å². The molecule has 1 aliphatic carbocycles. The van der Waals surface area contributed by atoms with E-state index in [9.17, 15) is 19.1 Å². The summed E-state index contributed by atoms with van der Waals surface area (Å²) in [6, 6.07) is -0.865. The third-order valence-electron chi connectivity index (χ3n) is 6.84. The van der Waals surface area contributed by atoms with Crippen LogP contribution in [0, 0.1) is 5.82 Å². The van der Waals surface area contributed by atoms with E-state index in [1.165, 1.54) is 12.2 Å². The Morgan fingerprint density at radius 1 is 1.29 bits per heavy atom. The van der Waals surface area contributed by atoms with Gasteiger partial charge in [0, 0.05) is 35.0 Å². The predicted molar refractivity (Wildman–Crippen MR) is 126 cm³/mol. The van der Waals surface area contributed by atoms with Crippen molar-refractivity contribution >= 4 is 23.8 Å². The van der Waals surface area contributed by atoms with E-state index in [0.717, 1.165) is 30.1 Å². The molecule has 3 heterocycles. The number of ether oxygens (including phenoxy) is 1. The van der Waals surface area contributed by atoms with Gasteiger partial charge in [0.1, 0.15) is 11.8 Å². The van der Waals surface area contributed by atoms with Crippen molar-refractivity contribution in [3.05, 3.63) is 47.3 Å². The highest BCUT2D eigenvalue weighted by Gasteiger charge is 2.43. The lowest BCUT2D eigenvalue weighted by atomic mass is 9.77. The number of carbonyl (C=O) groups is 2. The van der Waals surface area contributed by atoms with E-state index in [4.69, 9.17) is 10.6 Å². The maximum atomic E-state index is 14.6. The fourth-order valence-corrected chi connectivity index (χ4v) is 5.00. The molecule has 1 aromatic heterocycles. The van der Waals surface area contributed by atoms with E-state index < -0.39 is 23.9 Å². The topological polar surface area (TPSA) is 146 Å². The maximum Gasteiger partial charge on any atom is 0.430 e. The molecule has 12 heteroatoms. The number of nitrogens with one attached hydrogen (secondary N) is 2. The molecule has 3 aliphatic rings. The van der Waals surface area contributed by atoms with Crippen molar-refractivity contribution in [2.45, 2.75) is 63.7 Å². The number of rotatable bonds is 5. The number of aliphatic carboxylic acids is 1. The molecule has 1 aromatic rings. The van der Waals surface area contributed by atoms with Gasteiger partial charge in [-0.25, -0.2) is 29.8 Å². The van der Waals surface area contributed by atoms with Crippen LogP contribution in [0.25, 0.3) is 0 Å². The van der Waals surface area contributed by atoms with Crippen molar-refractivity contribution in [2.24, 2.45) is 5.84 Å². The van der Waals surface area contributed by atoms with Gasteiger partial charge in [0.25, 0.3) is 0 Å². The maximum absolute atomic E-state index is 14.6. The van der Waals surface area contributed by atoms with Crippen molar-refractivity contribution in [3.63, 3.8) is 0 Å². The zero-order valence-electron chi connectivity index (χ0n) is 20.3. The number of nitrogens with two attached hydrogens (primary N) is 1. The molecule has 0 spiro atoms. The van der Waals surface area contributed by atoms with Crippen molar-refractivity contribution in [3.8, 4) is 0 Å². The van der Waals surface area contributed by atoms with E-state index in [1.807, 2.05) is 0 Å². The quantitative estimate of drug-likeness (QED) is 0.278. The molecule has 0 bridgehead atoms. The van der Waals surface area contributed by atoms with Gasteiger partial charge in [-0.1, -0.05) is 0 Å². The molecule has 188 valence electrons. The Labute approximate surface area is 202 Å². The Morgan fingerprint density at radius 2 is 1.94 bits per heavy atom. The number of nitrogens with zero attached hydrogens (tertiary/aromatic N) is 4. The summed E-state index contributed by atoms with van der Waals surface area (Å²) in [6.45, 7) is 8.62. The Hall–Kier alpha value is -3.51. The number of aromatic nitrogens is 2. The number of likely N-dealkylation sites (tertiary alicyclic amines) is 1. The Kier molecular flexibility index (Phi) is 6.05. The minimum Gasteiger partial charge on any atom is -0.478 e. The second kappa shape index (κ2) is 8.61. The molecule has 35 heavy (non-hydrogen) atoms. The Morgan fingerprint density at radius 3 is 2.57 bits per heavy atom. The molecule has 2 aliphatic heterocycles. The first kappa shape index (κ1) is 24.6. The number of amides is 1. The molecule has 0 saturated carbocycles. The van der Waals surface area contributed by atoms with Gasteiger partial charge in [0.15, 0.2) is 11.6 Å². The summed E-state index contributed by atoms with van der Waals surface area (Å²) < 4.78 is 19.8. The summed E-state index contributed by atoms with van der Waals surface area (Å²) in [5.74, 6) is 4.24. The van der Waals surface area contributed by atoms with Gasteiger partial charge >= 0.3 is 12.1 Å². The summed E-state index contributed by atoms with van der Waals surface area (Å²) in [5.41, 5.74) is 0.387. The van der Waals surface area contributed by atoms with Gasteiger partial charge in [-0.15, -0.1) is 0 Å². The van der Waals surface area contributed by atoms with Crippen LogP contribution in [-0.2, 0) is 9.53 Å². The molecule has 4 rings (SSSR count). The van der Waals surface area contributed by atoms with Crippen LogP contribution in [-0.4, -0.2) is 67.3 Å². The highest BCUT2D eigenvalue weighted by atomic mass is 19.1. The Balaban J connectivity index is 1.57. The molecule has 2 saturated heterocycles. The predicted octanol–water partition coefficient (Wildman–Crippen LogP) is 2.58. The number of carbonyl (C=O) groups excluding carboxylic acids is 1. The third kappa shape index (κ3) is 4.84. The van der Waals surface area contributed by atoms with E-state index >= 15 is 0 Å². The van der Waals surface area contributed by atoms with E-state index in [2.05, 4.69) is 60.2 Å². The largest absolute Gasteiger partial charge is 0.478 e. The smallest absolute Gasteiger partial charge is 0.430 e. The standard InChI is InChI=1S/C23H30FN7O4/c1-22(2)9-14(10-23(3,4)30(22)5)27-19-15(24)11-26-20(29-19)28-13-6-12(7-17(32)33)18-16(8-13)35-21(34)31(18)25/h6-8,11,14,18H,9-10,25H2,1-5H3,(H,32,33)(H2,26,27,28,29). The minimum atomic E-state index is -1.21. The first-order valence-corrected chi connectivity index (χ1v) is 11.2. The number of piperidine rings is 1. The summed E-state index contributed by atoms with van der Waals surface area (Å²) >= 11 is 0. The lowest BCUT2D eigenvalue weighted by molar-refractivity contribution is -0.131. The van der Waals surface area contributed by atoms with Gasteiger partial charge in [-0.2, -0.15) is 4.98 Å². The molecule has 1 amide bonds. The number of carboxylic acids is 1. The minimum absolute atomic E-state index is 0.0104. The monoisotopic (exact) mass is 487 g/mol. The van der Waals surface area contributed by atoms with E-state index in [0.29, 0.717) is 5.70 Å². The molecular weight excluding hydrogens is 457 g/mol. The second-order valence-corrected chi connectivity index (χ2v) is 10.3. The molecule has 0 aromatic carbocycles. The average Bonchev–Trinajstić information content (AvgIpc) is 3.01. The lowest BCUT2D eigenvalue weighted by Crippen LogP contribution is -2.61. The van der Waals surface area contributed by atoms with Crippen LogP contribution < -0.4 is 16.5 Å². The van der Waals surface area contributed by atoms with E-state index in [1.54, 1.807) is 0 Å². The highest BCUT2D eigenvalue weighted by Crippen LogP contribution is 2.38. The Bertz CT molecular complexity index is 1140. The number of anilines is 2. The lowest BCUT2D eigenvalue weighted by Gasteiger charge is -2.53. The highest BCUT2D eigenvalue weighted by molar-refractivity contribution is 5.84. The molecule has 1 unspecified atom stereocenters. The molecule has 11 nitrogen and oxygen atoms in total. The van der Waals surface area contributed by atoms with Gasteiger partial charge in [0.2, 0.25) is 5.95 Å². The normalized spacial score (nSPS) is 25.0. The zero-order valence-corrected chi connectivity index (χ0v) is 20.3. The van der Waals surface area contributed by atoms with Crippen LogP contribution in [0.15, 0.2) is 41.5 Å².